The molecule has 0 aliphatic heterocycles. The molecule has 0 saturated carbocycles. The number of aromatic nitrogens is 1. The van der Waals surface area contributed by atoms with Gasteiger partial charge in [0.05, 0.1) is 5.56 Å². The highest BCUT2D eigenvalue weighted by molar-refractivity contribution is 7.13. The molecular formula is C16H11NO2S. The van der Waals surface area contributed by atoms with Gasteiger partial charge in [-0.3, -0.25) is 0 Å². The Bertz CT molecular complexity index is 736. The predicted octanol–water partition coefficient (Wildman–Crippen LogP) is 4.18. The number of benzene rings is 2. The molecule has 0 aliphatic rings. The Labute approximate surface area is 120 Å². The fourth-order valence-corrected chi connectivity index (χ4v) is 2.88. The minimum absolute atomic E-state index is 0.279. The first-order valence-corrected chi connectivity index (χ1v) is 6.97. The number of carboxylic acid groups (broad SMARTS) is 1. The lowest BCUT2D eigenvalue weighted by Crippen LogP contribution is -2.01. The highest BCUT2D eigenvalue weighted by atomic mass is 32.1. The normalized spacial score (nSPS) is 10.4. The molecule has 0 unspecified atom stereocenters. The third-order valence-electron chi connectivity index (χ3n) is 3.03. The SMILES string of the molecule is O=C(O)c1cccc(-c2ccccc2)c1-c1nccs1. The first-order valence-electron chi connectivity index (χ1n) is 6.09. The molecule has 0 aliphatic carbocycles. The van der Waals surface area contributed by atoms with E-state index in [1.54, 1.807) is 18.3 Å². The minimum atomic E-state index is -0.937. The predicted molar refractivity (Wildman–Crippen MR) is 79.9 cm³/mol. The van der Waals surface area contributed by atoms with Crippen molar-refractivity contribution in [3.05, 3.63) is 65.7 Å². The molecule has 0 radical (unpaired) electrons. The van der Waals surface area contributed by atoms with E-state index >= 15 is 0 Å². The molecule has 1 aromatic heterocycles. The third kappa shape index (κ3) is 2.21. The molecule has 1 heterocycles. The Morgan fingerprint density at radius 3 is 2.50 bits per heavy atom. The van der Waals surface area contributed by atoms with Crippen LogP contribution in [0.1, 0.15) is 10.4 Å². The molecule has 0 spiro atoms. The summed E-state index contributed by atoms with van der Waals surface area (Å²) in [6.07, 6.45) is 1.69. The van der Waals surface area contributed by atoms with Crippen LogP contribution in [0.2, 0.25) is 0 Å². The number of hydrogen-bond acceptors (Lipinski definition) is 3. The highest BCUT2D eigenvalue weighted by Crippen LogP contribution is 2.35. The zero-order valence-electron chi connectivity index (χ0n) is 10.5. The maximum Gasteiger partial charge on any atom is 0.336 e. The van der Waals surface area contributed by atoms with Crippen molar-refractivity contribution in [3.63, 3.8) is 0 Å². The second kappa shape index (κ2) is 5.27. The van der Waals surface area contributed by atoms with Crippen LogP contribution >= 0.6 is 11.3 Å². The van der Waals surface area contributed by atoms with Crippen LogP contribution < -0.4 is 0 Å². The Balaban J connectivity index is 2.30. The van der Waals surface area contributed by atoms with Gasteiger partial charge in [-0.2, -0.15) is 0 Å². The summed E-state index contributed by atoms with van der Waals surface area (Å²) in [4.78, 5) is 15.7. The number of rotatable bonds is 3. The molecule has 2 aromatic carbocycles. The van der Waals surface area contributed by atoms with Gasteiger partial charge in [0.15, 0.2) is 0 Å². The van der Waals surface area contributed by atoms with E-state index in [9.17, 15) is 9.90 Å². The molecule has 0 saturated heterocycles. The van der Waals surface area contributed by atoms with E-state index in [-0.39, 0.29) is 5.56 Å². The van der Waals surface area contributed by atoms with Crippen LogP contribution in [0.25, 0.3) is 21.7 Å². The zero-order valence-corrected chi connectivity index (χ0v) is 11.3. The van der Waals surface area contributed by atoms with Crippen molar-refractivity contribution in [3.8, 4) is 21.7 Å². The quantitative estimate of drug-likeness (QED) is 0.783. The lowest BCUT2D eigenvalue weighted by Gasteiger charge is -2.10. The van der Waals surface area contributed by atoms with Crippen molar-refractivity contribution in [2.45, 2.75) is 0 Å². The van der Waals surface area contributed by atoms with Gasteiger partial charge in [-0.25, -0.2) is 9.78 Å². The summed E-state index contributed by atoms with van der Waals surface area (Å²) in [6.45, 7) is 0. The molecule has 3 rings (SSSR count). The van der Waals surface area contributed by atoms with Crippen LogP contribution in [0.5, 0.6) is 0 Å². The van der Waals surface area contributed by atoms with Gasteiger partial charge in [-0.15, -0.1) is 11.3 Å². The summed E-state index contributed by atoms with van der Waals surface area (Å²) in [5.41, 5.74) is 2.84. The van der Waals surface area contributed by atoms with Crippen molar-refractivity contribution in [2.24, 2.45) is 0 Å². The molecule has 0 fully saturated rings. The van der Waals surface area contributed by atoms with Gasteiger partial charge in [0.1, 0.15) is 5.01 Å². The van der Waals surface area contributed by atoms with Crippen molar-refractivity contribution in [1.82, 2.24) is 4.98 Å². The van der Waals surface area contributed by atoms with E-state index in [2.05, 4.69) is 4.98 Å². The van der Waals surface area contributed by atoms with Gasteiger partial charge in [-0.05, 0) is 17.2 Å². The van der Waals surface area contributed by atoms with Crippen LogP contribution in [0, 0.1) is 0 Å². The summed E-state index contributed by atoms with van der Waals surface area (Å²) >= 11 is 1.44. The first-order chi connectivity index (χ1) is 9.77. The maximum atomic E-state index is 11.5. The van der Waals surface area contributed by atoms with Gasteiger partial charge in [0.2, 0.25) is 0 Å². The average Bonchev–Trinajstić information content (AvgIpc) is 3.01. The van der Waals surface area contributed by atoms with Gasteiger partial charge in [0.25, 0.3) is 0 Å². The number of carboxylic acids is 1. The third-order valence-corrected chi connectivity index (χ3v) is 3.82. The van der Waals surface area contributed by atoms with E-state index in [4.69, 9.17) is 0 Å². The van der Waals surface area contributed by atoms with Crippen molar-refractivity contribution < 1.29 is 9.90 Å². The van der Waals surface area contributed by atoms with Crippen LogP contribution in [0.4, 0.5) is 0 Å². The van der Waals surface area contributed by atoms with E-state index < -0.39 is 5.97 Å². The monoisotopic (exact) mass is 281 g/mol. The fourth-order valence-electron chi connectivity index (χ4n) is 2.17. The second-order valence-electron chi connectivity index (χ2n) is 4.24. The standard InChI is InChI=1S/C16H11NO2S/c18-16(19)13-8-4-7-12(11-5-2-1-3-6-11)14(13)15-17-9-10-20-15/h1-10H,(H,18,19). The van der Waals surface area contributed by atoms with Gasteiger partial charge in [0, 0.05) is 17.1 Å². The highest BCUT2D eigenvalue weighted by Gasteiger charge is 2.18. The Morgan fingerprint density at radius 1 is 1.05 bits per heavy atom. The number of aromatic carboxylic acids is 1. The summed E-state index contributed by atoms with van der Waals surface area (Å²) in [7, 11) is 0. The largest absolute Gasteiger partial charge is 0.478 e. The number of thiazole rings is 1. The van der Waals surface area contributed by atoms with Gasteiger partial charge >= 0.3 is 5.97 Å². The number of nitrogens with zero attached hydrogens (tertiary/aromatic N) is 1. The van der Waals surface area contributed by atoms with Crippen LogP contribution in [-0.4, -0.2) is 16.1 Å². The van der Waals surface area contributed by atoms with E-state index in [1.807, 2.05) is 41.8 Å². The number of carbonyl (C=O) groups is 1. The van der Waals surface area contributed by atoms with Crippen LogP contribution in [0.15, 0.2) is 60.1 Å². The molecular weight excluding hydrogens is 270 g/mol. The van der Waals surface area contributed by atoms with Crippen LogP contribution in [0.3, 0.4) is 0 Å². The second-order valence-corrected chi connectivity index (χ2v) is 5.13. The summed E-state index contributed by atoms with van der Waals surface area (Å²) in [5.74, 6) is -0.937. The molecule has 4 heteroatoms. The molecule has 20 heavy (non-hydrogen) atoms. The Hall–Kier alpha value is -2.46. The van der Waals surface area contributed by atoms with E-state index in [0.717, 1.165) is 16.1 Å². The smallest absolute Gasteiger partial charge is 0.336 e. The zero-order chi connectivity index (χ0) is 13.9. The fraction of sp³-hybridized carbons (Fsp3) is 0. The van der Waals surface area contributed by atoms with Crippen molar-refractivity contribution >= 4 is 17.3 Å². The molecule has 3 nitrogen and oxygen atoms in total. The summed E-state index contributed by atoms with van der Waals surface area (Å²) < 4.78 is 0. The topological polar surface area (TPSA) is 50.2 Å². The van der Waals surface area contributed by atoms with Crippen molar-refractivity contribution in [2.75, 3.05) is 0 Å². The molecule has 0 atom stereocenters. The molecule has 1 N–H and O–H groups in total. The minimum Gasteiger partial charge on any atom is -0.478 e. The van der Waals surface area contributed by atoms with Gasteiger partial charge < -0.3 is 5.11 Å². The number of hydrogen-bond donors (Lipinski definition) is 1. The van der Waals surface area contributed by atoms with Crippen molar-refractivity contribution in [1.29, 1.82) is 0 Å². The molecule has 0 bridgehead atoms. The summed E-state index contributed by atoms with van der Waals surface area (Å²) in [5, 5.41) is 12.0. The lowest BCUT2D eigenvalue weighted by molar-refractivity contribution is 0.0698. The Kier molecular flexibility index (Phi) is 3.31. The maximum absolute atomic E-state index is 11.5. The first kappa shape index (κ1) is 12.6. The van der Waals surface area contributed by atoms with E-state index in [0.29, 0.717) is 5.56 Å². The molecule has 0 amide bonds. The average molecular weight is 281 g/mol. The molecule has 3 aromatic rings. The van der Waals surface area contributed by atoms with E-state index in [1.165, 1.54) is 11.3 Å². The molecule has 98 valence electrons. The van der Waals surface area contributed by atoms with Gasteiger partial charge in [-0.1, -0.05) is 42.5 Å². The summed E-state index contributed by atoms with van der Waals surface area (Å²) in [6, 6.07) is 15.1. The van der Waals surface area contributed by atoms with Crippen LogP contribution in [-0.2, 0) is 0 Å². The lowest BCUT2D eigenvalue weighted by atomic mass is 9.95. The Morgan fingerprint density at radius 2 is 1.85 bits per heavy atom.